The van der Waals surface area contributed by atoms with Crippen molar-refractivity contribution in [1.82, 2.24) is 0 Å². The summed E-state index contributed by atoms with van der Waals surface area (Å²) in [5.41, 5.74) is 2.78. The van der Waals surface area contributed by atoms with Crippen molar-refractivity contribution in [2.45, 2.75) is 19.9 Å². The number of furan rings is 1. The van der Waals surface area contributed by atoms with E-state index in [1.807, 2.05) is 26.0 Å². The van der Waals surface area contributed by atoms with E-state index in [1.165, 1.54) is 11.2 Å². The van der Waals surface area contributed by atoms with Crippen LogP contribution in [0, 0.1) is 13.8 Å². The van der Waals surface area contributed by atoms with Crippen LogP contribution in [0.1, 0.15) is 28.5 Å². The third-order valence-corrected chi connectivity index (χ3v) is 5.20. The fourth-order valence-electron chi connectivity index (χ4n) is 3.66. The van der Waals surface area contributed by atoms with Crippen LogP contribution in [0.3, 0.4) is 0 Å². The molecule has 0 saturated carbocycles. The topological polar surface area (TPSA) is 70.8 Å². The van der Waals surface area contributed by atoms with E-state index in [0.717, 1.165) is 11.1 Å². The number of hydrogen-bond acceptors (Lipinski definition) is 4. The third kappa shape index (κ3) is 3.23. The van der Waals surface area contributed by atoms with Gasteiger partial charge in [0, 0.05) is 16.3 Å². The first-order valence-corrected chi connectivity index (χ1v) is 9.44. The van der Waals surface area contributed by atoms with Crippen molar-refractivity contribution in [2.75, 3.05) is 4.90 Å². The molecule has 1 unspecified atom stereocenters. The minimum atomic E-state index is -0.884. The highest BCUT2D eigenvalue weighted by molar-refractivity contribution is 6.51. The van der Waals surface area contributed by atoms with Gasteiger partial charge in [0.2, 0.25) is 0 Å². The number of carbonyl (C=O) groups is 2. The molecule has 0 aliphatic carbocycles. The van der Waals surface area contributed by atoms with Gasteiger partial charge in [0.1, 0.15) is 17.6 Å². The lowest BCUT2D eigenvalue weighted by molar-refractivity contribution is -0.132. The van der Waals surface area contributed by atoms with E-state index in [2.05, 4.69) is 0 Å². The molecule has 0 radical (unpaired) electrons. The van der Waals surface area contributed by atoms with Crippen LogP contribution in [0.2, 0.25) is 5.02 Å². The molecule has 1 aliphatic rings. The number of ketones is 1. The van der Waals surface area contributed by atoms with Gasteiger partial charge in [-0.3, -0.25) is 14.5 Å². The lowest BCUT2D eigenvalue weighted by Gasteiger charge is -2.25. The zero-order chi connectivity index (χ0) is 20.7. The van der Waals surface area contributed by atoms with Gasteiger partial charge in [-0.1, -0.05) is 41.4 Å². The fourth-order valence-corrected chi connectivity index (χ4v) is 3.85. The quantitative estimate of drug-likeness (QED) is 0.369. The van der Waals surface area contributed by atoms with Gasteiger partial charge in [-0.05, 0) is 49.7 Å². The van der Waals surface area contributed by atoms with Gasteiger partial charge in [0.05, 0.1) is 11.8 Å². The highest BCUT2D eigenvalue weighted by atomic mass is 35.5. The first kappa shape index (κ1) is 19.0. The number of benzene rings is 2. The number of hydrogen-bond donors (Lipinski definition) is 1. The van der Waals surface area contributed by atoms with E-state index in [9.17, 15) is 14.7 Å². The van der Waals surface area contributed by atoms with E-state index >= 15 is 0 Å². The Hall–Kier alpha value is -3.31. The smallest absolute Gasteiger partial charge is 0.300 e. The van der Waals surface area contributed by atoms with Crippen molar-refractivity contribution in [3.05, 3.63) is 93.9 Å². The molecule has 2 aromatic carbocycles. The molecule has 2 heterocycles. The second kappa shape index (κ2) is 7.26. The summed E-state index contributed by atoms with van der Waals surface area (Å²) in [5.74, 6) is -1.40. The van der Waals surface area contributed by atoms with Crippen LogP contribution < -0.4 is 4.90 Å². The van der Waals surface area contributed by atoms with Gasteiger partial charge in [-0.2, -0.15) is 0 Å². The summed E-state index contributed by atoms with van der Waals surface area (Å²) in [6.07, 6.45) is 1.47. The number of carbonyl (C=O) groups excluding carboxylic acids is 2. The number of aliphatic hydroxyl groups is 1. The molecular weight excluding hydrogens is 390 g/mol. The molecule has 1 aliphatic heterocycles. The molecular formula is C23H18ClNO4. The summed E-state index contributed by atoms with van der Waals surface area (Å²) >= 11 is 6.04. The Kier molecular flexibility index (Phi) is 4.76. The highest BCUT2D eigenvalue weighted by Gasteiger charge is 2.48. The van der Waals surface area contributed by atoms with Crippen LogP contribution in [0.15, 0.2) is 70.9 Å². The third-order valence-electron chi connectivity index (χ3n) is 4.97. The molecule has 1 fully saturated rings. The summed E-state index contributed by atoms with van der Waals surface area (Å²) in [7, 11) is 0. The monoisotopic (exact) mass is 407 g/mol. The van der Waals surface area contributed by atoms with Crippen molar-refractivity contribution in [3.8, 4) is 0 Å². The zero-order valence-electron chi connectivity index (χ0n) is 15.8. The number of aliphatic hydroxyl groups excluding tert-OH is 1. The van der Waals surface area contributed by atoms with Crippen LogP contribution in [0.5, 0.6) is 0 Å². The molecule has 3 aromatic rings. The Morgan fingerprint density at radius 3 is 2.52 bits per heavy atom. The molecule has 4 rings (SSSR count). The molecule has 1 amide bonds. The predicted molar refractivity (Wildman–Crippen MR) is 111 cm³/mol. The van der Waals surface area contributed by atoms with Crippen molar-refractivity contribution >= 4 is 34.7 Å². The zero-order valence-corrected chi connectivity index (χ0v) is 16.6. The van der Waals surface area contributed by atoms with Crippen LogP contribution in [0.25, 0.3) is 5.76 Å². The van der Waals surface area contributed by atoms with Gasteiger partial charge in [0.15, 0.2) is 0 Å². The van der Waals surface area contributed by atoms with E-state index < -0.39 is 17.7 Å². The van der Waals surface area contributed by atoms with Gasteiger partial charge in [-0.25, -0.2) is 0 Å². The molecule has 0 bridgehead atoms. The van der Waals surface area contributed by atoms with E-state index in [-0.39, 0.29) is 11.3 Å². The normalized spacial score (nSPS) is 18.4. The number of anilines is 1. The second-order valence-corrected chi connectivity index (χ2v) is 7.42. The summed E-state index contributed by atoms with van der Waals surface area (Å²) < 4.78 is 5.55. The maximum absolute atomic E-state index is 13.0. The Morgan fingerprint density at radius 1 is 1.07 bits per heavy atom. The molecule has 1 N–H and O–H groups in total. The molecule has 1 saturated heterocycles. The fraction of sp³-hybridized carbons (Fsp3) is 0.130. The average molecular weight is 408 g/mol. The lowest BCUT2D eigenvalue weighted by atomic mass is 9.99. The Morgan fingerprint density at radius 2 is 1.86 bits per heavy atom. The number of halogens is 1. The molecule has 0 spiro atoms. The molecule has 146 valence electrons. The summed E-state index contributed by atoms with van der Waals surface area (Å²) in [5, 5.41) is 11.4. The molecule has 1 atom stereocenters. The van der Waals surface area contributed by atoms with E-state index in [4.69, 9.17) is 16.0 Å². The van der Waals surface area contributed by atoms with Gasteiger partial charge in [0.25, 0.3) is 11.7 Å². The molecule has 6 heteroatoms. The summed E-state index contributed by atoms with van der Waals surface area (Å²) in [6, 6.07) is 14.6. The number of Topliss-reactive ketones (excluding diaryl/α,β-unsaturated/α-hetero) is 1. The first-order valence-electron chi connectivity index (χ1n) is 9.06. The second-order valence-electron chi connectivity index (χ2n) is 6.98. The van der Waals surface area contributed by atoms with Crippen LogP contribution >= 0.6 is 11.6 Å². The number of nitrogens with zero attached hydrogens (tertiary/aromatic N) is 1. The number of aryl methyl sites for hydroxylation is 2. The molecule has 1 aromatic heterocycles. The maximum atomic E-state index is 13.0. The van der Waals surface area contributed by atoms with Crippen molar-refractivity contribution in [1.29, 1.82) is 0 Å². The SMILES string of the molecule is Cc1ccc(N2C(=O)C(=O)/C(=C(\O)c3cccc(Cl)c3)C2c2ccco2)c(C)c1. The van der Waals surface area contributed by atoms with E-state index in [0.29, 0.717) is 22.0 Å². The van der Waals surface area contributed by atoms with Crippen molar-refractivity contribution < 1.29 is 19.1 Å². The Balaban J connectivity index is 1.95. The summed E-state index contributed by atoms with van der Waals surface area (Å²) in [4.78, 5) is 27.4. The van der Waals surface area contributed by atoms with Crippen molar-refractivity contribution in [2.24, 2.45) is 0 Å². The predicted octanol–water partition coefficient (Wildman–Crippen LogP) is 5.18. The standard InChI is InChI=1S/C23H18ClNO4/c1-13-8-9-17(14(2)11-13)25-20(18-7-4-10-29-18)19(22(27)23(25)28)21(26)15-5-3-6-16(24)12-15/h3-12,20,26H,1-2H3/b21-19-. The highest BCUT2D eigenvalue weighted by Crippen LogP contribution is 2.43. The van der Waals surface area contributed by atoms with Crippen LogP contribution in [-0.2, 0) is 9.59 Å². The number of rotatable bonds is 3. The lowest BCUT2D eigenvalue weighted by Crippen LogP contribution is -2.30. The molecule has 29 heavy (non-hydrogen) atoms. The minimum Gasteiger partial charge on any atom is -0.507 e. The van der Waals surface area contributed by atoms with Gasteiger partial charge in [-0.15, -0.1) is 0 Å². The number of amides is 1. The van der Waals surface area contributed by atoms with Gasteiger partial charge < -0.3 is 9.52 Å². The first-order chi connectivity index (χ1) is 13.9. The van der Waals surface area contributed by atoms with Crippen LogP contribution in [-0.4, -0.2) is 16.8 Å². The largest absolute Gasteiger partial charge is 0.507 e. The average Bonchev–Trinajstić information content (AvgIpc) is 3.29. The minimum absolute atomic E-state index is 0.0350. The van der Waals surface area contributed by atoms with Crippen LogP contribution in [0.4, 0.5) is 5.69 Å². The summed E-state index contributed by atoms with van der Waals surface area (Å²) in [6.45, 7) is 3.83. The van der Waals surface area contributed by atoms with Gasteiger partial charge >= 0.3 is 0 Å². The van der Waals surface area contributed by atoms with E-state index in [1.54, 1.807) is 42.5 Å². The van der Waals surface area contributed by atoms with Crippen molar-refractivity contribution in [3.63, 3.8) is 0 Å². The Labute approximate surface area is 172 Å². The maximum Gasteiger partial charge on any atom is 0.300 e. The molecule has 5 nitrogen and oxygen atoms in total. The Bertz CT molecular complexity index is 1150.